The van der Waals surface area contributed by atoms with Crippen molar-refractivity contribution >= 4 is 22.7 Å². The summed E-state index contributed by atoms with van der Waals surface area (Å²) in [6, 6.07) is 7.59. The number of ketones is 1. The van der Waals surface area contributed by atoms with Crippen LogP contribution >= 0.6 is 0 Å². The van der Waals surface area contributed by atoms with Crippen LogP contribution in [0.15, 0.2) is 42.6 Å². The molecule has 0 aliphatic heterocycles. The Morgan fingerprint density at radius 1 is 1.36 bits per heavy atom. The molecule has 0 amide bonds. The van der Waals surface area contributed by atoms with E-state index in [1.165, 1.54) is 0 Å². The van der Waals surface area contributed by atoms with Gasteiger partial charge in [-0.3, -0.25) is 9.59 Å². The number of hydrogen-bond donors (Lipinski definition) is 1. The Morgan fingerprint density at radius 2 is 2.18 bits per heavy atom. The molecule has 4 heteroatoms. The summed E-state index contributed by atoms with van der Waals surface area (Å²) in [7, 11) is 0. The number of rotatable bonds is 5. The molecule has 2 atom stereocenters. The van der Waals surface area contributed by atoms with Crippen LogP contribution < -0.4 is 0 Å². The van der Waals surface area contributed by atoms with E-state index in [2.05, 4.69) is 11.1 Å². The number of aromatic amines is 1. The summed E-state index contributed by atoms with van der Waals surface area (Å²) in [4.78, 5) is 27.5. The number of para-hydroxylation sites is 1. The average molecular weight is 297 g/mol. The Bertz CT molecular complexity index is 729. The average Bonchev–Trinajstić information content (AvgIpc) is 3.15. The normalized spacial score (nSPS) is 18.5. The summed E-state index contributed by atoms with van der Waals surface area (Å²) in [6.45, 7) is 1.63. The number of nitrogens with one attached hydrogen (secondary N) is 1. The first-order valence-electron chi connectivity index (χ1n) is 7.61. The molecular formula is C18H19NO3. The first-order valence-corrected chi connectivity index (χ1v) is 7.61. The summed E-state index contributed by atoms with van der Waals surface area (Å²) in [5.74, 6) is -0.229. The highest BCUT2D eigenvalue weighted by Gasteiger charge is 2.23. The molecule has 0 fully saturated rings. The molecule has 4 nitrogen and oxygen atoms in total. The number of Topliss-reactive ketones (excluding diaryl/α,β-unsaturated/α-hetero) is 1. The van der Waals surface area contributed by atoms with Gasteiger partial charge in [-0.2, -0.15) is 0 Å². The largest absolute Gasteiger partial charge is 0.454 e. The number of allylic oxidation sites excluding steroid dienone is 2. The second-order valence-corrected chi connectivity index (χ2v) is 5.71. The Labute approximate surface area is 129 Å². The van der Waals surface area contributed by atoms with Crippen LogP contribution in [0, 0.1) is 5.92 Å². The number of carbonyl (C=O) groups excluding carboxylic acids is 2. The molecule has 0 saturated carbocycles. The highest BCUT2D eigenvalue weighted by Crippen LogP contribution is 2.22. The van der Waals surface area contributed by atoms with Crippen molar-refractivity contribution in [3.05, 3.63) is 48.2 Å². The van der Waals surface area contributed by atoms with Gasteiger partial charge in [-0.25, -0.2) is 0 Å². The molecule has 22 heavy (non-hydrogen) atoms. The summed E-state index contributed by atoms with van der Waals surface area (Å²) < 4.78 is 5.31. The SMILES string of the molecule is C[C@H](OC(=O)C[C@@H]1C=CCC1)C(=O)c1c[nH]c2ccccc12. The first kappa shape index (κ1) is 14.6. The molecule has 1 N–H and O–H groups in total. The van der Waals surface area contributed by atoms with Crippen LogP contribution in [0.5, 0.6) is 0 Å². The Kier molecular flexibility index (Phi) is 4.09. The predicted octanol–water partition coefficient (Wildman–Crippen LogP) is 3.64. The Morgan fingerprint density at radius 3 is 2.95 bits per heavy atom. The molecule has 1 aliphatic carbocycles. The number of benzene rings is 1. The predicted molar refractivity (Wildman–Crippen MR) is 84.7 cm³/mol. The maximum absolute atomic E-state index is 12.5. The molecule has 3 rings (SSSR count). The van der Waals surface area contributed by atoms with Crippen molar-refractivity contribution in [2.45, 2.75) is 32.3 Å². The highest BCUT2D eigenvalue weighted by atomic mass is 16.5. The van der Waals surface area contributed by atoms with Crippen LogP contribution in [0.25, 0.3) is 10.9 Å². The van der Waals surface area contributed by atoms with Gasteiger partial charge in [0, 0.05) is 22.7 Å². The van der Waals surface area contributed by atoms with E-state index in [1.807, 2.05) is 30.3 Å². The summed E-state index contributed by atoms with van der Waals surface area (Å²) >= 11 is 0. The minimum atomic E-state index is -0.767. The molecule has 0 radical (unpaired) electrons. The number of hydrogen-bond acceptors (Lipinski definition) is 3. The molecule has 0 spiro atoms. The smallest absolute Gasteiger partial charge is 0.307 e. The minimum absolute atomic E-state index is 0.173. The van der Waals surface area contributed by atoms with Gasteiger partial charge in [-0.15, -0.1) is 0 Å². The molecular weight excluding hydrogens is 278 g/mol. The quantitative estimate of drug-likeness (QED) is 0.521. The Hall–Kier alpha value is -2.36. The third kappa shape index (κ3) is 2.96. The lowest BCUT2D eigenvalue weighted by Crippen LogP contribution is -2.25. The molecule has 1 heterocycles. The van der Waals surface area contributed by atoms with Crippen molar-refractivity contribution in [1.29, 1.82) is 0 Å². The fraction of sp³-hybridized carbons (Fsp3) is 0.333. The van der Waals surface area contributed by atoms with Gasteiger partial charge in [0.15, 0.2) is 6.10 Å². The molecule has 114 valence electrons. The number of esters is 1. The van der Waals surface area contributed by atoms with Gasteiger partial charge in [0.2, 0.25) is 5.78 Å². The molecule has 0 unspecified atom stereocenters. The summed E-state index contributed by atoms with van der Waals surface area (Å²) in [5.41, 5.74) is 1.47. The van der Waals surface area contributed by atoms with E-state index in [-0.39, 0.29) is 17.7 Å². The molecule has 0 bridgehead atoms. The van der Waals surface area contributed by atoms with E-state index < -0.39 is 6.10 Å². The second-order valence-electron chi connectivity index (χ2n) is 5.71. The third-order valence-electron chi connectivity index (χ3n) is 4.07. The second kappa shape index (κ2) is 6.18. The molecule has 2 aromatic rings. The van der Waals surface area contributed by atoms with Crippen molar-refractivity contribution in [2.75, 3.05) is 0 Å². The van der Waals surface area contributed by atoms with Crippen molar-refractivity contribution in [3.8, 4) is 0 Å². The number of carbonyl (C=O) groups is 2. The van der Waals surface area contributed by atoms with Crippen molar-refractivity contribution in [2.24, 2.45) is 5.92 Å². The fourth-order valence-corrected chi connectivity index (χ4v) is 2.87. The van der Waals surface area contributed by atoms with Gasteiger partial charge in [-0.1, -0.05) is 30.4 Å². The topological polar surface area (TPSA) is 59.2 Å². The lowest BCUT2D eigenvalue weighted by atomic mass is 10.0. The van der Waals surface area contributed by atoms with E-state index in [1.54, 1.807) is 13.1 Å². The highest BCUT2D eigenvalue weighted by molar-refractivity contribution is 6.10. The van der Waals surface area contributed by atoms with E-state index in [4.69, 9.17) is 4.74 Å². The lowest BCUT2D eigenvalue weighted by molar-refractivity contribution is -0.147. The fourth-order valence-electron chi connectivity index (χ4n) is 2.87. The van der Waals surface area contributed by atoms with Gasteiger partial charge in [0.25, 0.3) is 0 Å². The van der Waals surface area contributed by atoms with Gasteiger partial charge < -0.3 is 9.72 Å². The van der Waals surface area contributed by atoms with Crippen LogP contribution in [0.1, 0.15) is 36.5 Å². The van der Waals surface area contributed by atoms with Crippen LogP contribution in [0.4, 0.5) is 0 Å². The summed E-state index contributed by atoms with van der Waals surface area (Å²) in [5, 5.41) is 0.856. The first-order chi connectivity index (χ1) is 10.6. The van der Waals surface area contributed by atoms with E-state index in [0.717, 1.165) is 23.7 Å². The van der Waals surface area contributed by atoms with Gasteiger partial charge in [0.1, 0.15) is 0 Å². The van der Waals surface area contributed by atoms with Crippen molar-refractivity contribution < 1.29 is 14.3 Å². The molecule has 0 saturated heterocycles. The van der Waals surface area contributed by atoms with Crippen molar-refractivity contribution in [1.82, 2.24) is 4.98 Å². The zero-order valence-electron chi connectivity index (χ0n) is 12.5. The number of fused-ring (bicyclic) bond motifs is 1. The lowest BCUT2D eigenvalue weighted by Gasteiger charge is -2.13. The maximum Gasteiger partial charge on any atom is 0.307 e. The van der Waals surface area contributed by atoms with Crippen molar-refractivity contribution in [3.63, 3.8) is 0 Å². The van der Waals surface area contributed by atoms with Gasteiger partial charge in [0.05, 0.1) is 6.42 Å². The molecule has 1 aliphatic rings. The van der Waals surface area contributed by atoms with Gasteiger partial charge >= 0.3 is 5.97 Å². The van der Waals surface area contributed by atoms with Gasteiger partial charge in [-0.05, 0) is 31.7 Å². The minimum Gasteiger partial charge on any atom is -0.454 e. The Balaban J connectivity index is 1.66. The van der Waals surface area contributed by atoms with Crippen LogP contribution in [0.2, 0.25) is 0 Å². The monoisotopic (exact) mass is 297 g/mol. The van der Waals surface area contributed by atoms with Crippen LogP contribution in [0.3, 0.4) is 0 Å². The molecule has 1 aromatic carbocycles. The van der Waals surface area contributed by atoms with E-state index in [9.17, 15) is 9.59 Å². The number of ether oxygens (including phenoxy) is 1. The molecule has 1 aromatic heterocycles. The number of H-pyrrole nitrogens is 1. The van der Waals surface area contributed by atoms with E-state index >= 15 is 0 Å². The third-order valence-corrected chi connectivity index (χ3v) is 4.07. The number of aromatic nitrogens is 1. The van der Waals surface area contributed by atoms with E-state index in [0.29, 0.717) is 12.0 Å². The van der Waals surface area contributed by atoms with Crippen LogP contribution in [-0.4, -0.2) is 22.8 Å². The zero-order chi connectivity index (χ0) is 15.5. The summed E-state index contributed by atoms with van der Waals surface area (Å²) in [6.07, 6.45) is 7.39. The zero-order valence-corrected chi connectivity index (χ0v) is 12.5. The van der Waals surface area contributed by atoms with Crippen LogP contribution in [-0.2, 0) is 9.53 Å². The standard InChI is InChI=1S/C18H19NO3/c1-12(22-17(20)10-13-6-2-3-7-13)18(21)15-11-19-16-9-5-4-8-14(15)16/h2,4-6,8-9,11-13,19H,3,7,10H2,1H3/t12-,13+/m0/s1. The maximum atomic E-state index is 12.5.